The first-order chi connectivity index (χ1) is 12.8. The van der Waals surface area contributed by atoms with Gasteiger partial charge in [0.1, 0.15) is 0 Å². The maximum absolute atomic E-state index is 14.0. The van der Waals surface area contributed by atoms with Gasteiger partial charge >= 0.3 is 17.7 Å². The molecule has 27 heavy (non-hydrogen) atoms. The molecular weight excluding hydrogens is 363 g/mol. The lowest BCUT2D eigenvalue weighted by Crippen LogP contribution is -2.96. The van der Waals surface area contributed by atoms with E-state index in [4.69, 9.17) is 4.42 Å². The second kappa shape index (κ2) is 6.90. The Kier molecular flexibility index (Phi) is 4.77. The molecule has 1 aliphatic heterocycles. The number of alkyl halides is 3. The number of benzene rings is 1. The number of nitrogens with one attached hydrogen (secondary N) is 2. The zero-order valence-corrected chi connectivity index (χ0v) is 14.3. The maximum atomic E-state index is 14.0. The highest BCUT2D eigenvalue weighted by Crippen LogP contribution is 2.30. The Morgan fingerprint density at radius 1 is 1.22 bits per heavy atom. The van der Waals surface area contributed by atoms with Gasteiger partial charge in [-0.15, -0.1) is 0 Å². The molecule has 2 amide bonds. The van der Waals surface area contributed by atoms with Crippen LogP contribution in [0.4, 0.5) is 13.2 Å². The molecule has 1 aromatic heterocycles. The summed E-state index contributed by atoms with van der Waals surface area (Å²) in [6.07, 6.45) is -3.50. The third-order valence-corrected chi connectivity index (χ3v) is 4.11. The highest BCUT2D eigenvalue weighted by atomic mass is 19.4. The number of carbonyl (C=O) groups excluding carboxylic acids is 2. The van der Waals surface area contributed by atoms with Gasteiger partial charge in [0.05, 0.1) is 18.4 Å². The van der Waals surface area contributed by atoms with Crippen LogP contribution in [-0.4, -0.2) is 40.9 Å². The molecule has 0 saturated heterocycles. The second-order valence-electron chi connectivity index (χ2n) is 5.98. The predicted molar refractivity (Wildman–Crippen MR) is 88.5 cm³/mol. The fourth-order valence-corrected chi connectivity index (χ4v) is 2.85. The minimum atomic E-state index is -5.09. The van der Waals surface area contributed by atoms with E-state index in [0.717, 1.165) is 11.2 Å². The number of nitrogens with zero attached hydrogens (tertiary/aromatic N) is 1. The average molecular weight is 380 g/mol. The van der Waals surface area contributed by atoms with Crippen LogP contribution < -0.4 is 10.3 Å². The van der Waals surface area contributed by atoms with Crippen LogP contribution >= 0.6 is 0 Å². The van der Waals surface area contributed by atoms with Crippen molar-refractivity contribution < 1.29 is 32.2 Å². The number of halogens is 3. The van der Waals surface area contributed by atoms with Gasteiger partial charge in [-0.3, -0.25) is 10.1 Å². The molecule has 6 nitrogen and oxygen atoms in total. The van der Waals surface area contributed by atoms with Crippen LogP contribution in [0.5, 0.6) is 0 Å². The Hall–Kier alpha value is -3.10. The van der Waals surface area contributed by atoms with E-state index in [2.05, 4.69) is 4.99 Å². The van der Waals surface area contributed by atoms with E-state index in [1.54, 1.807) is 42.6 Å². The third kappa shape index (κ3) is 3.20. The Balaban J connectivity index is 2.10. The summed E-state index contributed by atoms with van der Waals surface area (Å²) in [6.45, 7) is 1.80. The van der Waals surface area contributed by atoms with Crippen molar-refractivity contribution in [3.8, 4) is 0 Å². The summed E-state index contributed by atoms with van der Waals surface area (Å²) in [5, 5.41) is 1.79. The van der Waals surface area contributed by atoms with Crippen molar-refractivity contribution in [2.75, 3.05) is 6.54 Å². The summed E-state index contributed by atoms with van der Waals surface area (Å²) in [5.74, 6) is -2.79. The van der Waals surface area contributed by atoms with E-state index in [-0.39, 0.29) is 18.1 Å². The van der Waals surface area contributed by atoms with Gasteiger partial charge in [-0.2, -0.15) is 18.1 Å². The number of carbonyl (C=O) groups is 2. The molecule has 1 aromatic carbocycles. The molecule has 1 atom stereocenters. The normalized spacial score (nSPS) is 19.9. The van der Waals surface area contributed by atoms with E-state index in [1.165, 1.54) is 12.1 Å². The van der Waals surface area contributed by atoms with Crippen molar-refractivity contribution in [3.63, 3.8) is 0 Å². The molecule has 0 radical (unpaired) electrons. The highest BCUT2D eigenvalue weighted by Gasteiger charge is 2.72. The summed E-state index contributed by atoms with van der Waals surface area (Å²) in [4.78, 5) is 28.3. The number of rotatable bonds is 5. The van der Waals surface area contributed by atoms with Crippen molar-refractivity contribution >= 4 is 17.6 Å². The Bertz CT molecular complexity index is 863. The van der Waals surface area contributed by atoms with Crippen molar-refractivity contribution in [2.24, 2.45) is 0 Å². The summed E-state index contributed by atoms with van der Waals surface area (Å²) in [6, 6.07) is 10.7. The molecule has 9 heteroatoms. The topological polar surface area (TPSA) is 76.5 Å². The lowest BCUT2D eigenvalue weighted by atomic mass is 10.1. The van der Waals surface area contributed by atoms with Crippen LogP contribution in [-0.2, 0) is 4.79 Å². The zero-order chi connectivity index (χ0) is 19.7. The molecular formula is C18H17F3N3O3+. The first kappa shape index (κ1) is 18.7. The first-order valence-electron chi connectivity index (χ1n) is 8.25. The number of amides is 2. The molecule has 2 N–H and O–H groups in total. The van der Waals surface area contributed by atoms with Crippen LogP contribution in [0.3, 0.4) is 0 Å². The highest BCUT2D eigenvalue weighted by molar-refractivity contribution is 6.11. The molecule has 0 fully saturated rings. The standard InChI is InChI=1S/C18H16F3N3O3/c1-2-10-24-14(12-7-4-3-5-8-12)22-17(16(24)26,18(19,20)21)23-15(25)13-9-6-11-27-13/h3-9,11H,2,10H2,1H3,(H,23,25)/p+1/t17-/m1/s1. The summed E-state index contributed by atoms with van der Waals surface area (Å²) >= 11 is 0. The van der Waals surface area contributed by atoms with Crippen molar-refractivity contribution in [1.29, 1.82) is 0 Å². The van der Waals surface area contributed by atoms with Gasteiger partial charge < -0.3 is 4.42 Å². The number of amidine groups is 1. The fraction of sp³-hybridized carbons (Fsp3) is 0.278. The van der Waals surface area contributed by atoms with Crippen molar-refractivity contribution in [2.45, 2.75) is 25.2 Å². The van der Waals surface area contributed by atoms with E-state index >= 15 is 0 Å². The van der Waals surface area contributed by atoms with Gasteiger partial charge in [-0.25, -0.2) is 9.79 Å². The van der Waals surface area contributed by atoms with Gasteiger partial charge in [0, 0.05) is 0 Å². The molecule has 0 spiro atoms. The summed E-state index contributed by atoms with van der Waals surface area (Å²) in [5.41, 5.74) is -2.88. The molecule has 2 aromatic rings. The number of furan rings is 1. The van der Waals surface area contributed by atoms with Gasteiger partial charge in [0.25, 0.3) is 11.7 Å². The lowest BCUT2D eigenvalue weighted by molar-refractivity contribution is -0.580. The molecule has 0 bridgehead atoms. The Morgan fingerprint density at radius 2 is 1.93 bits per heavy atom. The molecule has 2 heterocycles. The molecule has 0 saturated carbocycles. The van der Waals surface area contributed by atoms with Crippen LogP contribution in [0, 0.1) is 0 Å². The van der Waals surface area contributed by atoms with Gasteiger partial charge in [-0.1, -0.05) is 25.1 Å². The second-order valence-corrected chi connectivity index (χ2v) is 5.98. The average Bonchev–Trinajstić information content (AvgIpc) is 3.25. The Morgan fingerprint density at radius 3 is 2.48 bits per heavy atom. The van der Waals surface area contributed by atoms with E-state index in [9.17, 15) is 22.8 Å². The van der Waals surface area contributed by atoms with Crippen LogP contribution in [0.15, 0.2) is 53.1 Å². The predicted octanol–water partition coefficient (Wildman–Crippen LogP) is 1.05. The quantitative estimate of drug-likeness (QED) is 0.814. The first-order valence-corrected chi connectivity index (χ1v) is 8.25. The van der Waals surface area contributed by atoms with E-state index in [1.807, 2.05) is 0 Å². The molecule has 1 aliphatic rings. The third-order valence-electron chi connectivity index (χ3n) is 4.11. The van der Waals surface area contributed by atoms with E-state index < -0.39 is 23.7 Å². The monoisotopic (exact) mass is 380 g/mol. The number of hydrogen-bond acceptors (Lipinski definition) is 3. The molecule has 3 rings (SSSR count). The molecule has 142 valence electrons. The largest absolute Gasteiger partial charge is 0.465 e. The summed E-state index contributed by atoms with van der Waals surface area (Å²) < 4.78 is 46.9. The molecule has 0 unspecified atom stereocenters. The smallest absolute Gasteiger partial charge is 0.459 e. The lowest BCUT2D eigenvalue weighted by Gasteiger charge is -2.24. The minimum Gasteiger partial charge on any atom is -0.459 e. The van der Waals surface area contributed by atoms with Gasteiger partial charge in [-0.05, 0) is 30.7 Å². The van der Waals surface area contributed by atoms with Crippen molar-refractivity contribution in [1.82, 2.24) is 10.2 Å². The van der Waals surface area contributed by atoms with Crippen LogP contribution in [0.1, 0.15) is 29.5 Å². The van der Waals surface area contributed by atoms with Crippen LogP contribution in [0.2, 0.25) is 0 Å². The Labute approximate surface area is 152 Å². The fourth-order valence-electron chi connectivity index (χ4n) is 2.85. The molecule has 0 aliphatic carbocycles. The SMILES string of the molecule is CCCN1C(=O)[C@@](NC(=O)c2ccco2)(C(F)(F)F)[NH+]=C1c1ccccc1. The van der Waals surface area contributed by atoms with E-state index in [0.29, 0.717) is 12.0 Å². The maximum Gasteiger partial charge on any atom is 0.465 e. The van der Waals surface area contributed by atoms with Crippen LogP contribution in [0.25, 0.3) is 0 Å². The summed E-state index contributed by atoms with van der Waals surface area (Å²) in [7, 11) is 0. The van der Waals surface area contributed by atoms with Gasteiger partial charge in [0.2, 0.25) is 0 Å². The number of hydrogen-bond donors (Lipinski definition) is 2. The van der Waals surface area contributed by atoms with Gasteiger partial charge in [0.15, 0.2) is 5.76 Å². The van der Waals surface area contributed by atoms with Crippen molar-refractivity contribution in [3.05, 3.63) is 60.1 Å². The zero-order valence-electron chi connectivity index (χ0n) is 14.3. The minimum absolute atomic E-state index is 0.0143.